The maximum atomic E-state index is 14.0. The molecule has 1 aromatic carbocycles. The maximum absolute atomic E-state index is 14.0. The van der Waals surface area contributed by atoms with Crippen LogP contribution < -0.4 is 20.1 Å². The van der Waals surface area contributed by atoms with Gasteiger partial charge in [0.2, 0.25) is 11.8 Å². The zero-order valence-electron chi connectivity index (χ0n) is 24.6. The van der Waals surface area contributed by atoms with Crippen molar-refractivity contribution in [3.8, 4) is 11.6 Å². The molecule has 3 aromatic rings. The number of methoxy groups -OCH3 is 1. The van der Waals surface area contributed by atoms with E-state index in [0.29, 0.717) is 24.2 Å². The molecule has 234 valence electrons. The highest BCUT2D eigenvalue weighted by atomic mass is 31.2. The first kappa shape index (κ1) is 31.1. The van der Waals surface area contributed by atoms with Crippen molar-refractivity contribution in [3.63, 3.8) is 0 Å². The number of nitrogen functional groups attached to an aromatic ring is 1. The molecule has 5 rings (SSSR count). The zero-order chi connectivity index (χ0) is 31.0. The molecule has 6 atom stereocenters. The fourth-order valence-corrected chi connectivity index (χ4v) is 6.32. The van der Waals surface area contributed by atoms with Crippen LogP contribution in [-0.4, -0.2) is 81.4 Å². The van der Waals surface area contributed by atoms with Crippen molar-refractivity contribution in [2.24, 2.45) is 5.41 Å². The van der Waals surface area contributed by atoms with Crippen LogP contribution in [0.1, 0.15) is 40.3 Å². The summed E-state index contributed by atoms with van der Waals surface area (Å²) >= 11 is 0. The molecule has 2 saturated heterocycles. The number of aliphatic hydroxyl groups excluding tert-OH is 1. The van der Waals surface area contributed by atoms with E-state index in [1.807, 2.05) is 20.8 Å². The second-order valence-corrected chi connectivity index (χ2v) is 13.4. The molecule has 4 N–H and O–H groups in total. The number of aromatic nitrogens is 4. The standard InChI is InChI=1S/C27H37N6O9P/c1-16(23(35)38-14-26(2,3)4)32-43(36,42-17-9-7-6-8-10-17)40-13-18-20(34)27(11-12-39-27)24(41-18)33-15-29-19-21(33)30-25(28)31-22(19)37-5/h6-10,15-16,18,20,24,34H,11-14H2,1-5H3,(H,32,36)(H2,28,30,31)/t16-,18+,20+,24+,27+,43?/m0/s1. The van der Waals surface area contributed by atoms with Crippen LogP contribution in [-0.2, 0) is 28.1 Å². The van der Waals surface area contributed by atoms with E-state index in [0.717, 1.165) is 0 Å². The third-order valence-corrected chi connectivity index (χ3v) is 8.66. The molecule has 2 aliphatic heterocycles. The maximum Gasteiger partial charge on any atom is 0.459 e. The van der Waals surface area contributed by atoms with Crippen LogP contribution in [0, 0.1) is 5.41 Å². The SMILES string of the molecule is COc1nc(N)nc2c1ncn2[C@@H]1O[C@H](COP(=O)(N[C@@H](C)C(=O)OCC(C)(C)C)Oc2ccccc2)[C@@H](O)[C@]12CCO2. The smallest absolute Gasteiger partial charge is 0.459 e. The van der Waals surface area contributed by atoms with Gasteiger partial charge in [-0.2, -0.15) is 15.1 Å². The number of imidazole rings is 1. The van der Waals surface area contributed by atoms with Gasteiger partial charge in [-0.25, -0.2) is 9.55 Å². The van der Waals surface area contributed by atoms with Crippen molar-refractivity contribution < 1.29 is 42.5 Å². The number of carbonyl (C=O) groups is 1. The van der Waals surface area contributed by atoms with Crippen LogP contribution >= 0.6 is 7.75 Å². The molecule has 2 fully saturated rings. The molecule has 0 radical (unpaired) electrons. The molecule has 16 heteroatoms. The minimum Gasteiger partial charge on any atom is -0.479 e. The Labute approximate surface area is 248 Å². The summed E-state index contributed by atoms with van der Waals surface area (Å²) in [5, 5.41) is 14.0. The Kier molecular flexibility index (Phi) is 8.67. The van der Waals surface area contributed by atoms with Crippen LogP contribution in [0.4, 0.5) is 5.95 Å². The molecule has 0 saturated carbocycles. The molecule has 43 heavy (non-hydrogen) atoms. The number of benzene rings is 1. The van der Waals surface area contributed by atoms with E-state index in [9.17, 15) is 14.5 Å². The number of nitrogens with two attached hydrogens (primary N) is 1. The third kappa shape index (κ3) is 6.47. The van der Waals surface area contributed by atoms with Crippen molar-refractivity contribution in [3.05, 3.63) is 36.7 Å². The molecule has 0 amide bonds. The first-order valence-corrected chi connectivity index (χ1v) is 15.3. The van der Waals surface area contributed by atoms with Crippen LogP contribution in [0.3, 0.4) is 0 Å². The fraction of sp³-hybridized carbons (Fsp3) is 0.556. The van der Waals surface area contributed by atoms with Gasteiger partial charge >= 0.3 is 13.7 Å². The van der Waals surface area contributed by atoms with Gasteiger partial charge in [0.25, 0.3) is 0 Å². The number of esters is 1. The van der Waals surface area contributed by atoms with E-state index in [4.69, 9.17) is 33.7 Å². The van der Waals surface area contributed by atoms with Gasteiger partial charge in [-0.1, -0.05) is 39.0 Å². The lowest BCUT2D eigenvalue weighted by Crippen LogP contribution is -2.56. The summed E-state index contributed by atoms with van der Waals surface area (Å²) < 4.78 is 50.0. The third-order valence-electron chi connectivity index (χ3n) is 7.02. The topological polar surface area (TPSA) is 191 Å². The Morgan fingerprint density at radius 3 is 2.65 bits per heavy atom. The minimum atomic E-state index is -4.22. The molecular formula is C27H37N6O9P. The minimum absolute atomic E-state index is 0.0340. The second-order valence-electron chi connectivity index (χ2n) is 11.7. The monoisotopic (exact) mass is 620 g/mol. The summed E-state index contributed by atoms with van der Waals surface area (Å²) in [6, 6.07) is 7.33. The van der Waals surface area contributed by atoms with Gasteiger partial charge in [-0.05, 0) is 24.5 Å². The van der Waals surface area contributed by atoms with E-state index < -0.39 is 43.8 Å². The molecule has 1 spiro atoms. The van der Waals surface area contributed by atoms with E-state index in [1.165, 1.54) is 20.4 Å². The molecular weight excluding hydrogens is 583 g/mol. The van der Waals surface area contributed by atoms with Crippen molar-refractivity contribution in [1.29, 1.82) is 0 Å². The summed E-state index contributed by atoms with van der Waals surface area (Å²) in [5.74, 6) is -0.232. The number of fused-ring (bicyclic) bond motifs is 1. The Morgan fingerprint density at radius 1 is 1.30 bits per heavy atom. The van der Waals surface area contributed by atoms with Gasteiger partial charge in [0.05, 0.1) is 33.3 Å². The summed E-state index contributed by atoms with van der Waals surface area (Å²) in [4.78, 5) is 25.4. The van der Waals surface area contributed by atoms with E-state index in [2.05, 4.69) is 20.0 Å². The molecule has 0 bridgehead atoms. The number of ether oxygens (including phenoxy) is 4. The van der Waals surface area contributed by atoms with E-state index in [-0.39, 0.29) is 36.2 Å². The van der Waals surface area contributed by atoms with Crippen LogP contribution in [0.2, 0.25) is 0 Å². The van der Waals surface area contributed by atoms with Crippen LogP contribution in [0.5, 0.6) is 11.6 Å². The number of carbonyl (C=O) groups excluding carboxylic acids is 1. The highest BCUT2D eigenvalue weighted by molar-refractivity contribution is 7.52. The number of nitrogens with zero attached hydrogens (tertiary/aromatic N) is 4. The van der Waals surface area contributed by atoms with Gasteiger partial charge in [0.1, 0.15) is 29.6 Å². The number of anilines is 1. The number of aliphatic hydroxyl groups is 1. The van der Waals surface area contributed by atoms with Crippen molar-refractivity contribution in [2.45, 2.75) is 64.2 Å². The number of hydrogen-bond donors (Lipinski definition) is 3. The highest BCUT2D eigenvalue weighted by Gasteiger charge is 2.62. The Hall–Kier alpha value is -3.33. The number of para-hydroxylation sites is 1. The highest BCUT2D eigenvalue weighted by Crippen LogP contribution is 2.51. The van der Waals surface area contributed by atoms with Crippen molar-refractivity contribution >= 4 is 30.8 Å². The predicted molar refractivity (Wildman–Crippen MR) is 153 cm³/mol. The zero-order valence-corrected chi connectivity index (χ0v) is 25.5. The largest absolute Gasteiger partial charge is 0.479 e. The quantitative estimate of drug-likeness (QED) is 0.209. The molecule has 0 aliphatic carbocycles. The Morgan fingerprint density at radius 2 is 2.02 bits per heavy atom. The van der Waals surface area contributed by atoms with Crippen LogP contribution in [0.15, 0.2) is 36.7 Å². The normalized spacial score (nSPS) is 25.7. The molecule has 2 aromatic heterocycles. The lowest BCUT2D eigenvalue weighted by Gasteiger charge is -2.44. The van der Waals surface area contributed by atoms with Gasteiger partial charge < -0.3 is 34.3 Å². The average Bonchev–Trinajstić information content (AvgIpc) is 3.48. The van der Waals surface area contributed by atoms with Crippen LogP contribution in [0.25, 0.3) is 11.2 Å². The Balaban J connectivity index is 1.36. The average molecular weight is 621 g/mol. The molecule has 2 aliphatic rings. The number of nitrogens with one attached hydrogen (secondary N) is 1. The summed E-state index contributed by atoms with van der Waals surface area (Å²) in [5.41, 5.74) is 5.14. The predicted octanol–water partition coefficient (Wildman–Crippen LogP) is 2.61. The number of rotatable bonds is 11. The molecule has 15 nitrogen and oxygen atoms in total. The first-order chi connectivity index (χ1) is 20.3. The lowest BCUT2D eigenvalue weighted by atomic mass is 9.86. The second kappa shape index (κ2) is 12.0. The van der Waals surface area contributed by atoms with Gasteiger partial charge in [-0.15, -0.1) is 0 Å². The van der Waals surface area contributed by atoms with Gasteiger partial charge in [0.15, 0.2) is 17.4 Å². The Bertz CT molecular complexity index is 1490. The van der Waals surface area contributed by atoms with Crippen molar-refractivity contribution in [1.82, 2.24) is 24.6 Å². The first-order valence-electron chi connectivity index (χ1n) is 13.8. The fourth-order valence-electron chi connectivity index (χ4n) is 4.82. The van der Waals surface area contributed by atoms with Gasteiger partial charge in [0, 0.05) is 6.42 Å². The number of hydrogen-bond acceptors (Lipinski definition) is 13. The van der Waals surface area contributed by atoms with E-state index >= 15 is 0 Å². The summed E-state index contributed by atoms with van der Waals surface area (Å²) in [6.45, 7) is 7.45. The lowest BCUT2D eigenvalue weighted by molar-refractivity contribution is -0.225. The molecule has 4 heterocycles. The molecule has 1 unspecified atom stereocenters. The van der Waals surface area contributed by atoms with Crippen molar-refractivity contribution in [2.75, 3.05) is 32.7 Å². The van der Waals surface area contributed by atoms with E-state index in [1.54, 1.807) is 34.9 Å². The summed E-state index contributed by atoms with van der Waals surface area (Å²) in [6.07, 6.45) is -1.16. The summed E-state index contributed by atoms with van der Waals surface area (Å²) in [7, 11) is -2.78. The van der Waals surface area contributed by atoms with Gasteiger partial charge in [-0.3, -0.25) is 13.9 Å².